The Hall–Kier alpha value is -1.64. The van der Waals surface area contributed by atoms with Gasteiger partial charge in [0.05, 0.1) is 4.90 Å². The second kappa shape index (κ2) is 7.29. The van der Waals surface area contributed by atoms with E-state index in [2.05, 4.69) is 10.2 Å². The summed E-state index contributed by atoms with van der Waals surface area (Å²) in [5, 5.41) is 8.12. The van der Waals surface area contributed by atoms with Gasteiger partial charge in [0.15, 0.2) is 0 Å². The molecule has 7 nitrogen and oxygen atoms in total. The molecule has 2 rings (SSSR count). The van der Waals surface area contributed by atoms with Crippen LogP contribution in [0.4, 0.5) is 5.69 Å². The second-order valence-electron chi connectivity index (χ2n) is 5.81. The predicted molar refractivity (Wildman–Crippen MR) is 89.7 cm³/mol. The fourth-order valence-corrected chi connectivity index (χ4v) is 3.25. The normalized spacial score (nSPS) is 17.2. The van der Waals surface area contributed by atoms with Crippen LogP contribution < -0.4 is 15.4 Å². The minimum Gasteiger partial charge on any atom is -0.368 e. The average Bonchev–Trinajstić information content (AvgIpc) is 2.54. The van der Waals surface area contributed by atoms with E-state index in [1.807, 2.05) is 18.9 Å². The van der Waals surface area contributed by atoms with Crippen LogP contribution in [-0.4, -0.2) is 59.0 Å². The van der Waals surface area contributed by atoms with Crippen LogP contribution in [0.2, 0.25) is 0 Å². The number of nitrogens with two attached hydrogens (primary N) is 1. The Kier molecular flexibility index (Phi) is 5.61. The summed E-state index contributed by atoms with van der Waals surface area (Å²) in [4.78, 5) is 16.4. The van der Waals surface area contributed by atoms with Gasteiger partial charge in [-0.05, 0) is 31.3 Å². The fourth-order valence-electron chi connectivity index (χ4n) is 2.74. The lowest BCUT2D eigenvalue weighted by Crippen LogP contribution is -2.51. The average molecular weight is 340 g/mol. The van der Waals surface area contributed by atoms with Gasteiger partial charge in [-0.25, -0.2) is 13.6 Å². The van der Waals surface area contributed by atoms with Crippen molar-refractivity contribution in [1.82, 2.24) is 10.2 Å². The smallest absolute Gasteiger partial charge is 0.238 e. The number of rotatable bonds is 5. The largest absolute Gasteiger partial charge is 0.368 e. The van der Waals surface area contributed by atoms with Crippen LogP contribution in [0.15, 0.2) is 29.2 Å². The topological polar surface area (TPSA) is 95.7 Å². The van der Waals surface area contributed by atoms with Crippen molar-refractivity contribution in [2.45, 2.75) is 11.8 Å². The monoisotopic (exact) mass is 340 g/mol. The van der Waals surface area contributed by atoms with Crippen LogP contribution in [0, 0.1) is 5.92 Å². The lowest BCUT2D eigenvalue weighted by Gasteiger charge is -2.37. The molecule has 1 aliphatic rings. The number of benzene rings is 1. The van der Waals surface area contributed by atoms with Gasteiger partial charge in [0.25, 0.3) is 0 Å². The second-order valence-corrected chi connectivity index (χ2v) is 7.37. The molecule has 0 aliphatic carbocycles. The van der Waals surface area contributed by atoms with E-state index in [9.17, 15) is 13.2 Å². The quantitative estimate of drug-likeness (QED) is 0.776. The maximum atomic E-state index is 12.3. The van der Waals surface area contributed by atoms with Crippen LogP contribution >= 0.6 is 0 Å². The summed E-state index contributed by atoms with van der Waals surface area (Å²) in [5.41, 5.74) is 0.938. The fraction of sp³-hybridized carbons (Fsp3) is 0.533. The molecule has 0 spiro atoms. The van der Waals surface area contributed by atoms with Crippen molar-refractivity contribution >= 4 is 21.6 Å². The van der Waals surface area contributed by atoms with Crippen molar-refractivity contribution in [2.24, 2.45) is 11.1 Å². The van der Waals surface area contributed by atoms with Crippen molar-refractivity contribution in [3.63, 3.8) is 0 Å². The molecule has 23 heavy (non-hydrogen) atoms. The van der Waals surface area contributed by atoms with Gasteiger partial charge in [-0.15, -0.1) is 0 Å². The SMILES string of the molecule is CNCC(C)C(=O)N1CCN(c2ccc(S(N)(=O)=O)cc2)CC1. The third kappa shape index (κ3) is 4.43. The Bertz CT molecular complexity index is 637. The Labute approximate surface area is 137 Å². The van der Waals surface area contributed by atoms with Gasteiger partial charge in [0.2, 0.25) is 15.9 Å². The summed E-state index contributed by atoms with van der Waals surface area (Å²) in [7, 11) is -1.82. The van der Waals surface area contributed by atoms with E-state index < -0.39 is 10.0 Å². The number of primary sulfonamides is 1. The van der Waals surface area contributed by atoms with Crippen LogP contribution in [0.3, 0.4) is 0 Å². The lowest BCUT2D eigenvalue weighted by molar-refractivity contribution is -0.135. The standard InChI is InChI=1S/C15H24N4O3S/c1-12(11-17-2)15(20)19-9-7-18(8-10-19)13-3-5-14(6-4-13)23(16,21)22/h3-6,12,17H,7-11H2,1-2H3,(H2,16,21,22). The summed E-state index contributed by atoms with van der Waals surface area (Å²) in [6.07, 6.45) is 0. The van der Waals surface area contributed by atoms with Gasteiger partial charge in [-0.2, -0.15) is 0 Å². The molecule has 1 atom stereocenters. The van der Waals surface area contributed by atoms with Gasteiger partial charge in [-0.1, -0.05) is 6.92 Å². The number of nitrogens with one attached hydrogen (secondary N) is 1. The minimum absolute atomic E-state index is 0.0272. The van der Waals surface area contributed by atoms with Crippen molar-refractivity contribution in [3.05, 3.63) is 24.3 Å². The van der Waals surface area contributed by atoms with Crippen LogP contribution in [0.5, 0.6) is 0 Å². The molecule has 1 aromatic carbocycles. The molecule has 1 aromatic rings. The maximum absolute atomic E-state index is 12.3. The van der Waals surface area contributed by atoms with E-state index >= 15 is 0 Å². The molecule has 0 radical (unpaired) electrons. The van der Waals surface area contributed by atoms with Crippen molar-refractivity contribution in [1.29, 1.82) is 0 Å². The number of sulfonamides is 1. The van der Waals surface area contributed by atoms with E-state index in [4.69, 9.17) is 5.14 Å². The molecular formula is C15H24N4O3S. The first-order chi connectivity index (χ1) is 10.8. The molecule has 1 saturated heterocycles. The molecule has 3 N–H and O–H groups in total. The zero-order chi connectivity index (χ0) is 17.0. The maximum Gasteiger partial charge on any atom is 0.238 e. The zero-order valence-electron chi connectivity index (χ0n) is 13.5. The Balaban J connectivity index is 1.95. The summed E-state index contributed by atoms with van der Waals surface area (Å²) >= 11 is 0. The van der Waals surface area contributed by atoms with E-state index in [1.165, 1.54) is 12.1 Å². The Morgan fingerprint density at radius 3 is 2.26 bits per heavy atom. The number of hydrogen-bond donors (Lipinski definition) is 2. The van der Waals surface area contributed by atoms with E-state index in [-0.39, 0.29) is 16.7 Å². The van der Waals surface area contributed by atoms with E-state index in [0.717, 1.165) is 18.8 Å². The highest BCUT2D eigenvalue weighted by molar-refractivity contribution is 7.89. The first-order valence-corrected chi connectivity index (χ1v) is 9.18. The summed E-state index contributed by atoms with van der Waals surface area (Å²) < 4.78 is 22.5. The van der Waals surface area contributed by atoms with Gasteiger partial charge in [-0.3, -0.25) is 4.79 Å². The molecule has 1 amide bonds. The van der Waals surface area contributed by atoms with Gasteiger partial charge in [0, 0.05) is 44.3 Å². The number of nitrogens with zero attached hydrogens (tertiary/aromatic N) is 2. The van der Waals surface area contributed by atoms with E-state index in [0.29, 0.717) is 19.6 Å². The summed E-state index contributed by atoms with van der Waals surface area (Å²) in [6, 6.07) is 6.52. The first-order valence-electron chi connectivity index (χ1n) is 7.64. The van der Waals surface area contributed by atoms with Crippen molar-refractivity contribution in [3.8, 4) is 0 Å². The first kappa shape index (κ1) is 17.7. The highest BCUT2D eigenvalue weighted by Gasteiger charge is 2.24. The number of piperazine rings is 1. The number of hydrogen-bond acceptors (Lipinski definition) is 5. The molecule has 0 saturated carbocycles. The number of anilines is 1. The van der Waals surface area contributed by atoms with Crippen LogP contribution in [-0.2, 0) is 14.8 Å². The number of amides is 1. The highest BCUT2D eigenvalue weighted by atomic mass is 32.2. The third-order valence-electron chi connectivity index (χ3n) is 4.05. The lowest BCUT2D eigenvalue weighted by atomic mass is 10.1. The molecule has 0 aromatic heterocycles. The molecule has 1 fully saturated rings. The molecular weight excluding hydrogens is 316 g/mol. The van der Waals surface area contributed by atoms with Crippen LogP contribution in [0.1, 0.15) is 6.92 Å². The highest BCUT2D eigenvalue weighted by Crippen LogP contribution is 2.19. The van der Waals surface area contributed by atoms with Crippen LogP contribution in [0.25, 0.3) is 0 Å². The summed E-state index contributed by atoms with van der Waals surface area (Å²) in [5.74, 6) is 0.143. The van der Waals surface area contributed by atoms with Crippen molar-refractivity contribution < 1.29 is 13.2 Å². The number of carbonyl (C=O) groups is 1. The third-order valence-corrected chi connectivity index (χ3v) is 4.98. The minimum atomic E-state index is -3.66. The Morgan fingerprint density at radius 2 is 1.78 bits per heavy atom. The van der Waals surface area contributed by atoms with Gasteiger partial charge in [0.1, 0.15) is 0 Å². The van der Waals surface area contributed by atoms with Gasteiger partial charge < -0.3 is 15.1 Å². The molecule has 1 aliphatic heterocycles. The zero-order valence-corrected chi connectivity index (χ0v) is 14.3. The molecule has 0 bridgehead atoms. The van der Waals surface area contributed by atoms with Gasteiger partial charge >= 0.3 is 0 Å². The Morgan fingerprint density at radius 1 is 1.22 bits per heavy atom. The molecule has 128 valence electrons. The molecule has 1 heterocycles. The van der Waals surface area contributed by atoms with Crippen molar-refractivity contribution in [2.75, 3.05) is 44.7 Å². The molecule has 8 heteroatoms. The van der Waals surface area contributed by atoms with E-state index in [1.54, 1.807) is 12.1 Å². The number of carbonyl (C=O) groups excluding carboxylic acids is 1. The predicted octanol–water partition coefficient (Wildman–Crippen LogP) is -0.162. The summed E-state index contributed by atoms with van der Waals surface area (Å²) in [6.45, 7) is 5.40. The molecule has 1 unspecified atom stereocenters.